The van der Waals surface area contributed by atoms with Gasteiger partial charge in [0.25, 0.3) is 15.9 Å². The van der Waals surface area contributed by atoms with E-state index in [2.05, 4.69) is 20.3 Å². The summed E-state index contributed by atoms with van der Waals surface area (Å²) in [5.74, 6) is -1.56. The third-order valence-electron chi connectivity index (χ3n) is 4.58. The molecule has 2 aromatic rings. The van der Waals surface area contributed by atoms with E-state index in [1.54, 1.807) is 0 Å². The highest BCUT2D eigenvalue weighted by molar-refractivity contribution is 7.90. The van der Waals surface area contributed by atoms with E-state index in [1.165, 1.54) is 42.5 Å². The summed E-state index contributed by atoms with van der Waals surface area (Å²) in [5, 5.41) is 4.85. The summed E-state index contributed by atoms with van der Waals surface area (Å²) in [7, 11) is -3.84. The quantitative estimate of drug-likeness (QED) is 0.632. The van der Waals surface area contributed by atoms with E-state index < -0.39 is 34.2 Å². The Hall–Kier alpha value is -3.27. The molecule has 0 bridgehead atoms. The fourth-order valence-corrected chi connectivity index (χ4v) is 4.15. The van der Waals surface area contributed by atoms with Crippen molar-refractivity contribution in [3.8, 4) is 0 Å². The van der Waals surface area contributed by atoms with Gasteiger partial charge in [0.05, 0.1) is 17.0 Å². The van der Waals surface area contributed by atoms with Gasteiger partial charge in [-0.3, -0.25) is 19.3 Å². The van der Waals surface area contributed by atoms with Crippen molar-refractivity contribution in [1.82, 2.24) is 10.0 Å². The van der Waals surface area contributed by atoms with Gasteiger partial charge in [-0.05, 0) is 43.2 Å². The van der Waals surface area contributed by atoms with Crippen molar-refractivity contribution in [3.05, 3.63) is 59.9 Å². The highest BCUT2D eigenvalue weighted by Gasteiger charge is 2.18. The molecular formula is C21H23FN4O4S. The van der Waals surface area contributed by atoms with Crippen LogP contribution in [0, 0.1) is 5.82 Å². The second-order valence-corrected chi connectivity index (χ2v) is 8.67. The Morgan fingerprint density at radius 1 is 1.03 bits per heavy atom. The number of anilines is 1. The highest BCUT2D eigenvalue weighted by atomic mass is 32.2. The number of amidine groups is 1. The first-order valence-electron chi connectivity index (χ1n) is 9.84. The Bertz CT molecular complexity index is 1100. The molecule has 0 atom stereocenters. The first-order valence-corrected chi connectivity index (χ1v) is 11.3. The van der Waals surface area contributed by atoms with Gasteiger partial charge >= 0.3 is 0 Å². The molecule has 164 valence electrons. The van der Waals surface area contributed by atoms with Crippen LogP contribution in [0.1, 0.15) is 36.0 Å². The third kappa shape index (κ3) is 6.35. The van der Waals surface area contributed by atoms with Gasteiger partial charge in [0.2, 0.25) is 5.91 Å². The molecular weight excluding hydrogens is 423 g/mol. The monoisotopic (exact) mass is 446 g/mol. The van der Waals surface area contributed by atoms with Gasteiger partial charge in [-0.1, -0.05) is 24.6 Å². The Morgan fingerprint density at radius 2 is 1.84 bits per heavy atom. The molecule has 8 nitrogen and oxygen atoms in total. The van der Waals surface area contributed by atoms with Crippen molar-refractivity contribution in [2.75, 3.05) is 18.4 Å². The molecule has 1 heterocycles. The molecule has 2 amide bonds. The number of hydrogen-bond donors (Lipinski definition) is 3. The van der Waals surface area contributed by atoms with E-state index in [1.807, 2.05) is 0 Å². The SMILES string of the molecule is O=C(CNC(=O)c1ccccc1F)Nc1cccc(S(=O)(=O)NC2=NCCCCC2)c1. The van der Waals surface area contributed by atoms with Crippen LogP contribution in [0.15, 0.2) is 58.4 Å². The van der Waals surface area contributed by atoms with E-state index in [0.29, 0.717) is 18.8 Å². The number of nitrogens with one attached hydrogen (secondary N) is 3. The molecule has 0 radical (unpaired) electrons. The third-order valence-corrected chi connectivity index (χ3v) is 5.96. The number of halogens is 1. The number of hydrogen-bond acceptors (Lipinski definition) is 5. The Kier molecular flexibility index (Phi) is 7.35. The molecule has 0 unspecified atom stereocenters. The first kappa shape index (κ1) is 22.4. The number of rotatable bonds is 6. The average Bonchev–Trinajstić information content (AvgIpc) is 3.01. The van der Waals surface area contributed by atoms with Crippen LogP contribution in [0.2, 0.25) is 0 Å². The van der Waals surface area contributed by atoms with E-state index in [4.69, 9.17) is 0 Å². The molecule has 0 aromatic heterocycles. The number of sulfonamides is 1. The van der Waals surface area contributed by atoms with Crippen LogP contribution in [0.25, 0.3) is 0 Å². The van der Waals surface area contributed by atoms with E-state index >= 15 is 0 Å². The molecule has 3 N–H and O–H groups in total. The second-order valence-electron chi connectivity index (χ2n) is 6.98. The lowest BCUT2D eigenvalue weighted by atomic mass is 10.2. The standard InChI is InChI=1S/C21H23FN4O4S/c22-18-10-4-3-9-17(18)21(28)24-14-20(27)25-15-7-6-8-16(13-15)31(29,30)26-19-11-2-1-5-12-23-19/h3-4,6-10,13H,1-2,5,11-12,14H2,(H,23,26)(H,24,28)(H,25,27). The normalized spacial score (nSPS) is 14.2. The lowest BCUT2D eigenvalue weighted by Crippen LogP contribution is -2.33. The largest absolute Gasteiger partial charge is 0.343 e. The van der Waals surface area contributed by atoms with Gasteiger partial charge in [0.1, 0.15) is 11.7 Å². The number of carbonyl (C=O) groups is 2. The lowest BCUT2D eigenvalue weighted by Gasteiger charge is -2.11. The highest BCUT2D eigenvalue weighted by Crippen LogP contribution is 2.16. The minimum Gasteiger partial charge on any atom is -0.343 e. The summed E-state index contributed by atoms with van der Waals surface area (Å²) in [4.78, 5) is 28.4. The van der Waals surface area contributed by atoms with Crippen LogP contribution >= 0.6 is 0 Å². The topological polar surface area (TPSA) is 117 Å². The van der Waals surface area contributed by atoms with Gasteiger partial charge in [0.15, 0.2) is 0 Å². The number of nitrogens with zero attached hydrogens (tertiary/aromatic N) is 1. The number of benzene rings is 2. The molecule has 10 heteroatoms. The minimum atomic E-state index is -3.84. The molecule has 2 aromatic carbocycles. The molecule has 1 aliphatic heterocycles. The van der Waals surface area contributed by atoms with Crippen molar-refractivity contribution in [3.63, 3.8) is 0 Å². The van der Waals surface area contributed by atoms with Crippen molar-refractivity contribution < 1.29 is 22.4 Å². The van der Waals surface area contributed by atoms with Crippen LogP contribution in [-0.2, 0) is 14.8 Å². The summed E-state index contributed by atoms with van der Waals surface area (Å²) in [6, 6.07) is 11.2. The fourth-order valence-electron chi connectivity index (χ4n) is 3.02. The van der Waals surface area contributed by atoms with Crippen LogP contribution in [0.4, 0.5) is 10.1 Å². The maximum Gasteiger partial charge on any atom is 0.262 e. The summed E-state index contributed by atoms with van der Waals surface area (Å²) >= 11 is 0. The number of amides is 2. The van der Waals surface area contributed by atoms with Crippen LogP contribution in [0.3, 0.4) is 0 Å². The smallest absolute Gasteiger partial charge is 0.262 e. The van der Waals surface area contributed by atoms with Crippen molar-refractivity contribution in [2.45, 2.75) is 30.6 Å². The van der Waals surface area contributed by atoms with E-state index in [-0.39, 0.29) is 16.1 Å². The van der Waals surface area contributed by atoms with Crippen LogP contribution < -0.4 is 15.4 Å². The zero-order valence-electron chi connectivity index (χ0n) is 16.7. The van der Waals surface area contributed by atoms with E-state index in [0.717, 1.165) is 25.3 Å². The maximum absolute atomic E-state index is 13.6. The molecule has 0 aliphatic carbocycles. The Morgan fingerprint density at radius 3 is 2.65 bits per heavy atom. The molecule has 0 saturated carbocycles. The molecule has 0 spiro atoms. The zero-order valence-corrected chi connectivity index (χ0v) is 17.5. The molecule has 3 rings (SSSR count). The molecule has 1 aliphatic rings. The zero-order chi connectivity index (χ0) is 22.3. The summed E-state index contributed by atoms with van der Waals surface area (Å²) in [5.41, 5.74) is 0.0757. The predicted molar refractivity (Wildman–Crippen MR) is 115 cm³/mol. The minimum absolute atomic E-state index is 0.0207. The van der Waals surface area contributed by atoms with Crippen molar-refractivity contribution >= 4 is 33.4 Å². The summed E-state index contributed by atoms with van der Waals surface area (Å²) < 4.78 is 41.5. The van der Waals surface area contributed by atoms with Crippen LogP contribution in [0.5, 0.6) is 0 Å². The second kappa shape index (κ2) is 10.2. The van der Waals surface area contributed by atoms with Gasteiger partial charge in [0, 0.05) is 18.7 Å². The first-order chi connectivity index (χ1) is 14.8. The van der Waals surface area contributed by atoms with Crippen molar-refractivity contribution in [2.24, 2.45) is 4.99 Å². The van der Waals surface area contributed by atoms with Crippen molar-refractivity contribution in [1.29, 1.82) is 0 Å². The fraction of sp³-hybridized carbons (Fsp3) is 0.286. The molecule has 0 fully saturated rings. The Labute approximate surface area is 180 Å². The number of aliphatic imine (C=N–C) groups is 1. The predicted octanol–water partition coefficient (Wildman–Crippen LogP) is 2.45. The maximum atomic E-state index is 13.6. The van der Waals surface area contributed by atoms with Crippen LogP contribution in [-0.4, -0.2) is 39.2 Å². The van der Waals surface area contributed by atoms with Gasteiger partial charge < -0.3 is 10.6 Å². The summed E-state index contributed by atoms with van der Waals surface area (Å²) in [6.45, 7) is 0.186. The Balaban J connectivity index is 1.60. The summed E-state index contributed by atoms with van der Waals surface area (Å²) in [6.07, 6.45) is 3.37. The van der Waals surface area contributed by atoms with Gasteiger partial charge in [-0.15, -0.1) is 0 Å². The van der Waals surface area contributed by atoms with E-state index in [9.17, 15) is 22.4 Å². The lowest BCUT2D eigenvalue weighted by molar-refractivity contribution is -0.115. The molecule has 31 heavy (non-hydrogen) atoms. The number of carbonyl (C=O) groups excluding carboxylic acids is 2. The average molecular weight is 447 g/mol. The van der Waals surface area contributed by atoms with Gasteiger partial charge in [-0.2, -0.15) is 0 Å². The molecule has 0 saturated heterocycles. The van der Waals surface area contributed by atoms with Gasteiger partial charge in [-0.25, -0.2) is 12.8 Å².